The molecular weight excluding hydrogens is 538 g/mol. The lowest BCUT2D eigenvalue weighted by atomic mass is 9.57. The minimum absolute atomic E-state index is 0.00323. The van der Waals surface area contributed by atoms with E-state index in [1.807, 2.05) is 7.05 Å². The number of aromatic hydroxyl groups is 1. The Morgan fingerprint density at radius 1 is 1.15 bits per heavy atom. The molecule has 4 aliphatic carbocycles. The number of hydrogen-bond donors (Lipinski definition) is 5. The Hall–Kier alpha value is -2.92. The number of rotatable bonds is 6. The van der Waals surface area contributed by atoms with Gasteiger partial charge in [-0.2, -0.15) is 0 Å². The number of phenols is 1. The lowest BCUT2D eigenvalue weighted by Gasteiger charge is -2.50. The number of fused-ring (bicyclic) bond motifs is 3. The highest BCUT2D eigenvalue weighted by atomic mass is 35.5. The highest BCUT2D eigenvalue weighted by Crippen LogP contribution is 2.53. The van der Waals surface area contributed by atoms with Crippen molar-refractivity contribution in [3.8, 4) is 5.75 Å². The monoisotopic (exact) mass is 573 g/mol. The van der Waals surface area contributed by atoms with Gasteiger partial charge in [-0.3, -0.25) is 19.3 Å². The van der Waals surface area contributed by atoms with Gasteiger partial charge in [0.25, 0.3) is 5.91 Å². The molecule has 0 saturated heterocycles. The van der Waals surface area contributed by atoms with Crippen molar-refractivity contribution in [2.75, 3.05) is 27.7 Å². The Labute approximate surface area is 237 Å². The van der Waals surface area contributed by atoms with E-state index in [4.69, 9.17) is 17.3 Å². The maximum Gasteiger partial charge on any atom is 0.255 e. The number of carbonyl (C=O) groups is 3. The average Bonchev–Trinajstić information content (AvgIpc) is 3.36. The Morgan fingerprint density at radius 3 is 2.40 bits per heavy atom. The summed E-state index contributed by atoms with van der Waals surface area (Å²) >= 11 is 6.87. The van der Waals surface area contributed by atoms with Gasteiger partial charge in [-0.05, 0) is 75.9 Å². The van der Waals surface area contributed by atoms with Crippen molar-refractivity contribution in [2.24, 2.45) is 23.5 Å². The molecule has 4 aliphatic rings. The number of aliphatic hydroxyl groups excluding tert-OH is 2. The summed E-state index contributed by atoms with van der Waals surface area (Å²) in [6, 6.07) is 0.356. The Balaban J connectivity index is 1.58. The van der Waals surface area contributed by atoms with Crippen LogP contribution in [0, 0.1) is 17.8 Å². The molecule has 1 amide bonds. The lowest BCUT2D eigenvalue weighted by Crippen LogP contribution is -2.65. The maximum absolute atomic E-state index is 13.9. The molecule has 1 aromatic carbocycles. The molecule has 10 nitrogen and oxygen atoms in total. The van der Waals surface area contributed by atoms with Gasteiger partial charge in [-0.25, -0.2) is 0 Å². The molecule has 0 aromatic heterocycles. The largest absolute Gasteiger partial charge is 0.508 e. The molecule has 6 N–H and O–H groups in total. The zero-order valence-electron chi connectivity index (χ0n) is 22.9. The van der Waals surface area contributed by atoms with E-state index in [1.165, 1.54) is 36.6 Å². The van der Waals surface area contributed by atoms with Crippen molar-refractivity contribution in [1.29, 1.82) is 0 Å². The van der Waals surface area contributed by atoms with Gasteiger partial charge in [0.05, 0.1) is 11.6 Å². The molecule has 5 rings (SSSR count). The number of primary amides is 1. The number of benzene rings is 1. The van der Waals surface area contributed by atoms with Gasteiger partial charge >= 0.3 is 0 Å². The third-order valence-corrected chi connectivity index (χ3v) is 9.68. The van der Waals surface area contributed by atoms with Crippen LogP contribution in [0.25, 0.3) is 5.76 Å². The molecule has 0 spiro atoms. The Kier molecular flexibility index (Phi) is 7.27. The molecule has 2 fully saturated rings. The van der Waals surface area contributed by atoms with Crippen LogP contribution >= 0.6 is 11.6 Å². The van der Waals surface area contributed by atoms with Crippen molar-refractivity contribution in [3.05, 3.63) is 44.7 Å². The third kappa shape index (κ3) is 4.24. The van der Waals surface area contributed by atoms with Crippen molar-refractivity contribution in [3.63, 3.8) is 0 Å². The molecule has 0 radical (unpaired) electrons. The summed E-state index contributed by atoms with van der Waals surface area (Å²) in [7, 11) is 5.14. The number of nitrogens with two attached hydrogens (primary N) is 1. The summed E-state index contributed by atoms with van der Waals surface area (Å²) in [5.74, 6) is -6.15. The van der Waals surface area contributed by atoms with E-state index in [9.17, 15) is 34.8 Å². The number of halogens is 1. The second-order valence-corrected chi connectivity index (χ2v) is 12.4. The van der Waals surface area contributed by atoms with Crippen LogP contribution in [-0.4, -0.2) is 87.0 Å². The summed E-state index contributed by atoms with van der Waals surface area (Å²) in [5.41, 5.74) is 2.85. The molecule has 2 saturated carbocycles. The van der Waals surface area contributed by atoms with E-state index < -0.39 is 58.0 Å². The number of carbonyl (C=O) groups excluding carboxylic acids is 3. The number of hydrogen-bond acceptors (Lipinski definition) is 9. The fourth-order valence-corrected chi connectivity index (χ4v) is 7.74. The molecular formula is C29H36ClN3O7. The normalized spacial score (nSPS) is 28.8. The van der Waals surface area contributed by atoms with Crippen molar-refractivity contribution in [1.82, 2.24) is 9.80 Å². The molecule has 1 unspecified atom stereocenters. The highest BCUT2D eigenvalue weighted by Gasteiger charge is 2.64. The molecule has 0 bridgehead atoms. The lowest BCUT2D eigenvalue weighted by molar-refractivity contribution is -0.153. The van der Waals surface area contributed by atoms with Gasteiger partial charge in [0.1, 0.15) is 22.8 Å². The van der Waals surface area contributed by atoms with Gasteiger partial charge in [0.2, 0.25) is 5.78 Å². The fourth-order valence-electron chi connectivity index (χ4n) is 7.45. The zero-order valence-corrected chi connectivity index (χ0v) is 23.7. The number of amides is 1. The van der Waals surface area contributed by atoms with Crippen molar-refractivity contribution < 1.29 is 34.8 Å². The van der Waals surface area contributed by atoms with Crippen LogP contribution in [0.2, 0.25) is 5.02 Å². The SMILES string of the molecule is CN(Cc1cc(O)c2c(c1Cl)C[C@H]1C[C@H]3[C@H](N(C)C)C(=O)C(C(N)=O)=C(O)C3(O)C(=O)C1=C2O)CC1CCCC1. The van der Waals surface area contributed by atoms with Crippen LogP contribution < -0.4 is 5.73 Å². The van der Waals surface area contributed by atoms with Crippen LogP contribution in [-0.2, 0) is 27.3 Å². The second kappa shape index (κ2) is 10.2. The summed E-state index contributed by atoms with van der Waals surface area (Å²) in [4.78, 5) is 42.8. The van der Waals surface area contributed by atoms with E-state index in [0.717, 1.165) is 6.54 Å². The highest BCUT2D eigenvalue weighted by molar-refractivity contribution is 6.32. The molecule has 216 valence electrons. The summed E-state index contributed by atoms with van der Waals surface area (Å²) < 4.78 is 0. The summed E-state index contributed by atoms with van der Waals surface area (Å²) in [6.07, 6.45) is 5.05. The summed E-state index contributed by atoms with van der Waals surface area (Å²) in [5, 5.41) is 45.3. The van der Waals surface area contributed by atoms with Gasteiger partial charge in [0.15, 0.2) is 11.4 Å². The van der Waals surface area contributed by atoms with Crippen LogP contribution in [0.15, 0.2) is 23.0 Å². The minimum Gasteiger partial charge on any atom is -0.508 e. The first-order chi connectivity index (χ1) is 18.8. The average molecular weight is 574 g/mol. The number of nitrogens with zero attached hydrogens (tertiary/aromatic N) is 2. The van der Waals surface area contributed by atoms with Crippen molar-refractivity contribution >= 4 is 34.8 Å². The predicted octanol–water partition coefficient (Wildman–Crippen LogP) is 2.24. The molecule has 4 atom stereocenters. The quantitative estimate of drug-likeness (QED) is 0.321. The predicted molar refractivity (Wildman–Crippen MR) is 148 cm³/mol. The number of ketones is 2. The first kappa shape index (κ1) is 28.6. The Bertz CT molecular complexity index is 1360. The van der Waals surface area contributed by atoms with E-state index >= 15 is 0 Å². The topological polar surface area (TPSA) is 165 Å². The maximum atomic E-state index is 13.9. The van der Waals surface area contributed by atoms with Crippen molar-refractivity contribution in [2.45, 2.75) is 56.7 Å². The van der Waals surface area contributed by atoms with E-state index in [1.54, 1.807) is 14.1 Å². The molecule has 40 heavy (non-hydrogen) atoms. The van der Waals surface area contributed by atoms with E-state index in [0.29, 0.717) is 28.6 Å². The van der Waals surface area contributed by atoms with Crippen LogP contribution in [0.3, 0.4) is 0 Å². The fraction of sp³-hybridized carbons (Fsp3) is 0.552. The van der Waals surface area contributed by atoms with Gasteiger partial charge in [0, 0.05) is 29.6 Å². The van der Waals surface area contributed by atoms with E-state index in [2.05, 4.69) is 4.90 Å². The van der Waals surface area contributed by atoms with Crippen LogP contribution in [0.1, 0.15) is 48.8 Å². The second-order valence-electron chi connectivity index (χ2n) is 12.0. The number of Topliss-reactive ketones (excluding diaryl/α,β-unsaturated/α-hetero) is 2. The molecule has 11 heteroatoms. The minimum atomic E-state index is -2.66. The molecule has 0 heterocycles. The van der Waals surface area contributed by atoms with Crippen LogP contribution in [0.4, 0.5) is 0 Å². The van der Waals surface area contributed by atoms with Gasteiger partial charge in [-0.15, -0.1) is 0 Å². The number of likely N-dealkylation sites (N-methyl/N-ethyl adjacent to an activating group) is 1. The van der Waals surface area contributed by atoms with E-state index in [-0.39, 0.29) is 29.7 Å². The number of phenolic OH excluding ortho intramolecular Hbond substituents is 1. The third-order valence-electron chi connectivity index (χ3n) is 9.21. The smallest absolute Gasteiger partial charge is 0.255 e. The van der Waals surface area contributed by atoms with Crippen LogP contribution in [0.5, 0.6) is 5.75 Å². The summed E-state index contributed by atoms with van der Waals surface area (Å²) in [6.45, 7) is 1.40. The zero-order chi connectivity index (χ0) is 29.3. The number of aliphatic hydroxyl groups is 3. The standard InChI is InChI=1S/C29H36ClN3O7/c1-32(2)23-17-9-14-8-16-20(18(34)10-15(22(16)30)12-33(3)11-13-6-4-5-7-13)24(35)19(14)26(37)29(17,40)27(38)21(25(23)36)28(31)39/h10,13-14,17,23,34-35,38,40H,4-9,11-12H2,1-3H3,(H2,31,39)/t14-,17-,23-,29?/m0/s1. The first-order valence-corrected chi connectivity index (χ1v) is 14.0. The van der Waals surface area contributed by atoms with Gasteiger partial charge < -0.3 is 31.1 Å². The van der Waals surface area contributed by atoms with Gasteiger partial charge in [-0.1, -0.05) is 24.4 Å². The molecule has 0 aliphatic heterocycles. The molecule has 1 aromatic rings. The first-order valence-electron chi connectivity index (χ1n) is 13.7. The Morgan fingerprint density at radius 2 is 1.80 bits per heavy atom.